The van der Waals surface area contributed by atoms with Gasteiger partial charge in [0.2, 0.25) is 0 Å². The fourth-order valence-corrected chi connectivity index (χ4v) is 3.30. The first kappa shape index (κ1) is 26.4. The van der Waals surface area contributed by atoms with Crippen molar-refractivity contribution in [3.63, 3.8) is 0 Å². The number of nitrogens with one attached hydrogen (secondary N) is 3. The van der Waals surface area contributed by atoms with Gasteiger partial charge in [-0.1, -0.05) is 49.4 Å². The zero-order valence-corrected chi connectivity index (χ0v) is 22.0. The summed E-state index contributed by atoms with van der Waals surface area (Å²) in [6, 6.07) is 17.9. The van der Waals surface area contributed by atoms with Crippen LogP contribution in [0.1, 0.15) is 42.0 Å². The number of H-pyrrole nitrogens is 1. The minimum atomic E-state index is -0.0465. The lowest BCUT2D eigenvalue weighted by atomic mass is 10.1. The smallest absolute Gasteiger partial charge is 0.251 e. The van der Waals surface area contributed by atoms with Crippen LogP contribution in [0.25, 0.3) is 11.3 Å². The molecule has 3 N–H and O–H groups in total. The molecule has 2 aromatic carbocycles. The van der Waals surface area contributed by atoms with Crippen molar-refractivity contribution in [1.29, 1.82) is 0 Å². The molecule has 1 aromatic heterocycles. The molecule has 0 saturated carbocycles. The van der Waals surface area contributed by atoms with Gasteiger partial charge in [-0.3, -0.25) is 9.79 Å². The van der Waals surface area contributed by atoms with Gasteiger partial charge in [-0.15, -0.1) is 24.0 Å². The normalized spacial score (nSPS) is 11.9. The predicted molar refractivity (Wildman–Crippen MR) is 145 cm³/mol. The minimum absolute atomic E-state index is 0. The summed E-state index contributed by atoms with van der Waals surface area (Å²) in [5.41, 5.74) is 3.77. The number of nitrogens with zero attached hydrogens (tertiary/aromatic N) is 3. The Balaban J connectivity index is 0.00000385. The average molecular weight is 560 g/mol. The van der Waals surface area contributed by atoms with Gasteiger partial charge in [0.05, 0.1) is 18.4 Å². The molecule has 0 aliphatic heterocycles. The first-order valence-corrected chi connectivity index (χ1v) is 10.9. The van der Waals surface area contributed by atoms with Crippen molar-refractivity contribution in [3.8, 4) is 11.3 Å². The molecule has 1 amide bonds. The van der Waals surface area contributed by atoms with Crippen LogP contribution in [0.4, 0.5) is 0 Å². The van der Waals surface area contributed by atoms with E-state index in [9.17, 15) is 4.79 Å². The number of aromatic nitrogens is 2. The Hall–Kier alpha value is -2.88. The lowest BCUT2D eigenvalue weighted by Gasteiger charge is -2.21. The van der Waals surface area contributed by atoms with Crippen molar-refractivity contribution in [2.75, 3.05) is 14.1 Å². The fraction of sp³-hybridized carbons (Fsp3) is 0.320. The number of hydrogen-bond acceptors (Lipinski definition) is 3. The second-order valence-corrected chi connectivity index (χ2v) is 7.85. The number of benzene rings is 2. The zero-order valence-electron chi connectivity index (χ0n) is 19.6. The van der Waals surface area contributed by atoms with E-state index in [0.717, 1.165) is 35.0 Å². The summed E-state index contributed by atoms with van der Waals surface area (Å²) in [6.07, 6.45) is 2.75. The lowest BCUT2D eigenvalue weighted by molar-refractivity contribution is 0.0939. The minimum Gasteiger partial charge on any atom is -0.352 e. The van der Waals surface area contributed by atoms with Gasteiger partial charge in [0.25, 0.3) is 5.91 Å². The summed E-state index contributed by atoms with van der Waals surface area (Å²) in [5, 5.41) is 6.37. The number of imidazole rings is 1. The van der Waals surface area contributed by atoms with E-state index in [1.54, 1.807) is 7.05 Å². The number of amides is 1. The Morgan fingerprint density at radius 1 is 1.18 bits per heavy atom. The van der Waals surface area contributed by atoms with Crippen molar-refractivity contribution in [1.82, 2.24) is 25.5 Å². The summed E-state index contributed by atoms with van der Waals surface area (Å²) in [4.78, 5) is 26.7. The number of rotatable bonds is 8. The number of guanidine groups is 1. The van der Waals surface area contributed by atoms with Gasteiger partial charge in [-0.2, -0.15) is 0 Å². The maximum Gasteiger partial charge on any atom is 0.251 e. The van der Waals surface area contributed by atoms with Gasteiger partial charge < -0.3 is 20.5 Å². The molecule has 0 aliphatic rings. The van der Waals surface area contributed by atoms with Gasteiger partial charge in [-0.25, -0.2) is 4.98 Å². The van der Waals surface area contributed by atoms with Gasteiger partial charge >= 0.3 is 0 Å². The molecule has 0 fully saturated rings. The second-order valence-electron chi connectivity index (χ2n) is 7.85. The molecule has 3 aromatic rings. The van der Waals surface area contributed by atoms with Crippen LogP contribution in [0.3, 0.4) is 0 Å². The molecule has 0 radical (unpaired) electrons. The number of carbonyl (C=O) groups is 1. The number of aromatic amines is 1. The molecule has 7 nitrogen and oxygen atoms in total. The largest absolute Gasteiger partial charge is 0.352 e. The molecular weight excluding hydrogens is 527 g/mol. The summed E-state index contributed by atoms with van der Waals surface area (Å²) < 4.78 is 0. The van der Waals surface area contributed by atoms with Crippen LogP contribution in [-0.2, 0) is 13.1 Å². The van der Waals surface area contributed by atoms with Crippen LogP contribution < -0.4 is 10.6 Å². The zero-order chi connectivity index (χ0) is 22.9. The Kier molecular flexibility index (Phi) is 10.4. The highest BCUT2D eigenvalue weighted by Gasteiger charge is 2.12. The van der Waals surface area contributed by atoms with E-state index in [-0.39, 0.29) is 35.9 Å². The lowest BCUT2D eigenvalue weighted by Crippen LogP contribution is -2.38. The first-order chi connectivity index (χ1) is 15.5. The van der Waals surface area contributed by atoms with E-state index in [1.807, 2.05) is 67.5 Å². The monoisotopic (exact) mass is 560 g/mol. The van der Waals surface area contributed by atoms with E-state index in [0.29, 0.717) is 18.7 Å². The van der Waals surface area contributed by atoms with Crippen molar-refractivity contribution >= 4 is 35.8 Å². The molecule has 0 spiro atoms. The van der Waals surface area contributed by atoms with Crippen LogP contribution >= 0.6 is 24.0 Å². The molecule has 0 bridgehead atoms. The van der Waals surface area contributed by atoms with Crippen LogP contribution in [0, 0.1) is 0 Å². The van der Waals surface area contributed by atoms with E-state index in [1.165, 1.54) is 0 Å². The fourth-order valence-electron chi connectivity index (χ4n) is 3.30. The topological polar surface area (TPSA) is 85.4 Å². The predicted octanol–water partition coefficient (Wildman–Crippen LogP) is 4.43. The molecular formula is C25H33IN6O. The molecule has 1 unspecified atom stereocenters. The maximum atomic E-state index is 12.4. The SMILES string of the molecule is CCC(C)NC(=O)c1cccc(CNC(=NC)N(C)Cc2ncc(-c3ccccc3)[nH]2)c1.I. The van der Waals surface area contributed by atoms with Crippen molar-refractivity contribution in [3.05, 3.63) is 77.7 Å². The molecule has 3 rings (SSSR count). The highest BCUT2D eigenvalue weighted by molar-refractivity contribution is 14.0. The molecule has 1 heterocycles. The van der Waals surface area contributed by atoms with E-state index in [2.05, 4.69) is 44.7 Å². The first-order valence-electron chi connectivity index (χ1n) is 10.9. The third-order valence-electron chi connectivity index (χ3n) is 5.30. The Morgan fingerprint density at radius 3 is 2.64 bits per heavy atom. The highest BCUT2D eigenvalue weighted by atomic mass is 127. The van der Waals surface area contributed by atoms with Gasteiger partial charge in [0.1, 0.15) is 5.82 Å². The average Bonchev–Trinajstić information content (AvgIpc) is 3.28. The van der Waals surface area contributed by atoms with Crippen LogP contribution in [-0.4, -0.2) is 46.9 Å². The van der Waals surface area contributed by atoms with Crippen LogP contribution in [0.15, 0.2) is 65.8 Å². The Bertz CT molecular complexity index is 1050. The molecule has 0 saturated heterocycles. The second kappa shape index (κ2) is 13.0. The van der Waals surface area contributed by atoms with Gasteiger partial charge in [0.15, 0.2) is 5.96 Å². The molecule has 1 atom stereocenters. The molecule has 176 valence electrons. The van der Waals surface area contributed by atoms with Crippen molar-refractivity contribution in [2.24, 2.45) is 4.99 Å². The van der Waals surface area contributed by atoms with E-state index >= 15 is 0 Å². The summed E-state index contributed by atoms with van der Waals surface area (Å²) in [7, 11) is 3.72. The number of carbonyl (C=O) groups excluding carboxylic acids is 1. The summed E-state index contributed by atoms with van der Waals surface area (Å²) in [6.45, 7) is 5.21. The highest BCUT2D eigenvalue weighted by Crippen LogP contribution is 2.16. The number of aliphatic imine (C=N–C) groups is 1. The van der Waals surface area contributed by atoms with Gasteiger partial charge in [-0.05, 0) is 36.6 Å². The standard InChI is InChI=1S/C25H32N6O.HI/c1-5-18(2)29-24(32)21-13-9-10-19(14-21)15-28-25(26-3)31(4)17-23-27-16-22(30-23)20-11-7-6-8-12-20;/h6-14,16,18H,5,15,17H2,1-4H3,(H,26,28)(H,27,30)(H,29,32);1H. The van der Waals surface area contributed by atoms with Crippen LogP contribution in [0.5, 0.6) is 0 Å². The maximum absolute atomic E-state index is 12.4. The van der Waals surface area contributed by atoms with Crippen molar-refractivity contribution < 1.29 is 4.79 Å². The third-order valence-corrected chi connectivity index (χ3v) is 5.30. The van der Waals surface area contributed by atoms with Crippen molar-refractivity contribution in [2.45, 2.75) is 39.4 Å². The summed E-state index contributed by atoms with van der Waals surface area (Å²) >= 11 is 0. The van der Waals surface area contributed by atoms with Crippen LogP contribution in [0.2, 0.25) is 0 Å². The number of halogens is 1. The quantitative estimate of drug-likeness (QED) is 0.216. The molecule has 33 heavy (non-hydrogen) atoms. The van der Waals surface area contributed by atoms with E-state index in [4.69, 9.17) is 0 Å². The third kappa shape index (κ3) is 7.59. The molecule has 8 heteroatoms. The van der Waals surface area contributed by atoms with Gasteiger partial charge in [0, 0.05) is 32.2 Å². The van der Waals surface area contributed by atoms with E-state index < -0.39 is 0 Å². The Labute approximate surface area is 213 Å². The molecule has 0 aliphatic carbocycles. The summed E-state index contributed by atoms with van der Waals surface area (Å²) in [5.74, 6) is 1.56. The number of hydrogen-bond donors (Lipinski definition) is 3. The Morgan fingerprint density at radius 2 is 1.94 bits per heavy atom.